The smallest absolute Gasteiger partial charge is 0.124 e. The molecule has 0 N–H and O–H groups in total. The number of hydrogen-bond donors (Lipinski definition) is 0. The monoisotopic (exact) mass is 218 g/mol. The van der Waals surface area contributed by atoms with Gasteiger partial charge in [0.2, 0.25) is 0 Å². The highest BCUT2D eigenvalue weighted by atomic mass is 16.5. The number of rotatable bonds is 0. The van der Waals surface area contributed by atoms with Crippen LogP contribution in [-0.2, 0) is 5.41 Å². The summed E-state index contributed by atoms with van der Waals surface area (Å²) in [5.74, 6) is 1.05. The van der Waals surface area contributed by atoms with Crippen molar-refractivity contribution >= 4 is 0 Å². The van der Waals surface area contributed by atoms with Crippen LogP contribution in [0.1, 0.15) is 47.1 Å². The van der Waals surface area contributed by atoms with Crippen LogP contribution in [0.4, 0.5) is 0 Å². The van der Waals surface area contributed by atoms with Gasteiger partial charge in [0, 0.05) is 16.4 Å². The molecule has 1 aromatic carbocycles. The number of ether oxygens (including phenoxy) is 1. The fourth-order valence-electron chi connectivity index (χ4n) is 2.77. The van der Waals surface area contributed by atoms with E-state index in [1.54, 1.807) is 0 Å². The molecule has 16 heavy (non-hydrogen) atoms. The first-order valence-electron chi connectivity index (χ1n) is 5.99. The van der Waals surface area contributed by atoms with E-state index in [1.165, 1.54) is 5.56 Å². The lowest BCUT2D eigenvalue weighted by molar-refractivity contribution is -0.0476. The minimum atomic E-state index is -0.163. The molecule has 1 atom stereocenters. The Kier molecular flexibility index (Phi) is 2.18. The van der Waals surface area contributed by atoms with Gasteiger partial charge in [-0.25, -0.2) is 0 Å². The topological polar surface area (TPSA) is 9.23 Å². The van der Waals surface area contributed by atoms with Crippen LogP contribution in [0.3, 0.4) is 0 Å². The highest BCUT2D eigenvalue weighted by Crippen LogP contribution is 2.55. The second-order valence-electron chi connectivity index (χ2n) is 6.51. The molecule has 0 amide bonds. The van der Waals surface area contributed by atoms with Crippen molar-refractivity contribution in [2.75, 3.05) is 0 Å². The van der Waals surface area contributed by atoms with E-state index in [1.807, 2.05) is 6.07 Å². The van der Waals surface area contributed by atoms with E-state index in [4.69, 9.17) is 4.74 Å². The van der Waals surface area contributed by atoms with E-state index in [2.05, 4.69) is 59.7 Å². The van der Waals surface area contributed by atoms with Gasteiger partial charge in [0.25, 0.3) is 0 Å². The Balaban J connectivity index is 2.60. The minimum absolute atomic E-state index is 0.0435. The van der Waals surface area contributed by atoms with E-state index in [0.717, 1.165) is 5.75 Å². The van der Waals surface area contributed by atoms with E-state index >= 15 is 0 Å². The SMILES string of the molecule is CC(C)(C)C1(C)Oc2ccccc2C1(C)C. The Morgan fingerprint density at radius 3 is 2.06 bits per heavy atom. The summed E-state index contributed by atoms with van der Waals surface area (Å²) in [4.78, 5) is 0. The Hall–Kier alpha value is -0.980. The third kappa shape index (κ3) is 1.24. The van der Waals surface area contributed by atoms with E-state index in [9.17, 15) is 0 Å². The highest BCUT2D eigenvalue weighted by Gasteiger charge is 2.57. The molecular weight excluding hydrogens is 196 g/mol. The van der Waals surface area contributed by atoms with Gasteiger partial charge in [-0.15, -0.1) is 0 Å². The normalized spacial score (nSPS) is 27.4. The molecule has 0 aromatic heterocycles. The van der Waals surface area contributed by atoms with Crippen molar-refractivity contribution in [2.45, 2.75) is 52.6 Å². The van der Waals surface area contributed by atoms with Crippen molar-refractivity contribution in [1.82, 2.24) is 0 Å². The molecule has 1 nitrogen and oxygen atoms in total. The zero-order chi connectivity index (χ0) is 12.2. The van der Waals surface area contributed by atoms with Gasteiger partial charge in [0.15, 0.2) is 0 Å². The van der Waals surface area contributed by atoms with E-state index in [0.29, 0.717) is 0 Å². The molecule has 0 fully saturated rings. The van der Waals surface area contributed by atoms with Gasteiger partial charge in [-0.3, -0.25) is 0 Å². The number of fused-ring (bicyclic) bond motifs is 1. The molecule has 1 aliphatic rings. The molecule has 88 valence electrons. The summed E-state index contributed by atoms with van der Waals surface area (Å²) in [6.07, 6.45) is 0. The maximum atomic E-state index is 6.27. The molecule has 0 aliphatic carbocycles. The molecule has 1 aromatic rings. The van der Waals surface area contributed by atoms with Crippen LogP contribution in [0.5, 0.6) is 5.75 Å². The molecule has 0 bridgehead atoms. The van der Waals surface area contributed by atoms with Crippen LogP contribution in [0.15, 0.2) is 24.3 Å². The van der Waals surface area contributed by atoms with Crippen molar-refractivity contribution in [3.63, 3.8) is 0 Å². The lowest BCUT2D eigenvalue weighted by Gasteiger charge is -2.46. The fourth-order valence-corrected chi connectivity index (χ4v) is 2.77. The quantitative estimate of drug-likeness (QED) is 0.635. The van der Waals surface area contributed by atoms with E-state index in [-0.39, 0.29) is 16.4 Å². The van der Waals surface area contributed by atoms with Gasteiger partial charge < -0.3 is 4.74 Å². The molecular formula is C15H22O. The van der Waals surface area contributed by atoms with E-state index < -0.39 is 0 Å². The molecule has 0 spiro atoms. The minimum Gasteiger partial charge on any atom is -0.486 e. The van der Waals surface area contributed by atoms with Crippen LogP contribution < -0.4 is 4.74 Å². The summed E-state index contributed by atoms with van der Waals surface area (Å²) >= 11 is 0. The third-order valence-corrected chi connectivity index (χ3v) is 4.50. The molecule has 1 unspecified atom stereocenters. The fraction of sp³-hybridized carbons (Fsp3) is 0.600. The van der Waals surface area contributed by atoms with Gasteiger partial charge >= 0.3 is 0 Å². The summed E-state index contributed by atoms with van der Waals surface area (Å²) in [5, 5.41) is 0. The lowest BCUT2D eigenvalue weighted by Crippen LogP contribution is -2.54. The van der Waals surface area contributed by atoms with Crippen LogP contribution in [-0.4, -0.2) is 5.60 Å². The first kappa shape index (κ1) is 11.5. The second kappa shape index (κ2) is 3.03. The Morgan fingerprint density at radius 1 is 1.00 bits per heavy atom. The Bertz CT molecular complexity index is 412. The molecule has 2 rings (SSSR count). The van der Waals surface area contributed by atoms with Gasteiger partial charge in [-0.1, -0.05) is 52.8 Å². The number of hydrogen-bond acceptors (Lipinski definition) is 1. The molecule has 1 aliphatic heterocycles. The van der Waals surface area contributed by atoms with Gasteiger partial charge in [-0.2, -0.15) is 0 Å². The molecule has 1 heteroatoms. The summed E-state index contributed by atoms with van der Waals surface area (Å²) in [7, 11) is 0. The predicted molar refractivity (Wildman–Crippen MR) is 68.0 cm³/mol. The summed E-state index contributed by atoms with van der Waals surface area (Å²) in [6.45, 7) is 13.5. The van der Waals surface area contributed by atoms with Crippen LogP contribution in [0, 0.1) is 5.41 Å². The van der Waals surface area contributed by atoms with Gasteiger partial charge in [0.1, 0.15) is 11.4 Å². The zero-order valence-corrected chi connectivity index (χ0v) is 11.2. The van der Waals surface area contributed by atoms with Crippen molar-refractivity contribution in [1.29, 1.82) is 0 Å². The average molecular weight is 218 g/mol. The zero-order valence-electron chi connectivity index (χ0n) is 11.2. The van der Waals surface area contributed by atoms with Crippen molar-refractivity contribution in [2.24, 2.45) is 5.41 Å². The lowest BCUT2D eigenvalue weighted by atomic mass is 9.61. The second-order valence-corrected chi connectivity index (χ2v) is 6.51. The molecule has 0 saturated heterocycles. The van der Waals surface area contributed by atoms with Gasteiger partial charge in [0.05, 0.1) is 0 Å². The van der Waals surface area contributed by atoms with Crippen molar-refractivity contribution in [3.8, 4) is 5.75 Å². The summed E-state index contributed by atoms with van der Waals surface area (Å²) < 4.78 is 6.27. The van der Waals surface area contributed by atoms with Crippen LogP contribution >= 0.6 is 0 Å². The van der Waals surface area contributed by atoms with Crippen LogP contribution in [0.25, 0.3) is 0 Å². The summed E-state index contributed by atoms with van der Waals surface area (Å²) in [6, 6.07) is 8.40. The predicted octanol–water partition coefficient (Wildman–Crippen LogP) is 4.16. The maximum absolute atomic E-state index is 6.27. The highest BCUT2D eigenvalue weighted by molar-refractivity contribution is 5.46. The first-order valence-corrected chi connectivity index (χ1v) is 5.99. The Morgan fingerprint density at radius 2 is 1.56 bits per heavy atom. The molecule has 0 radical (unpaired) electrons. The summed E-state index contributed by atoms with van der Waals surface area (Å²) in [5.41, 5.74) is 1.31. The van der Waals surface area contributed by atoms with Crippen molar-refractivity contribution < 1.29 is 4.74 Å². The first-order chi connectivity index (χ1) is 7.20. The maximum Gasteiger partial charge on any atom is 0.124 e. The Labute approximate surface area is 98.8 Å². The third-order valence-electron chi connectivity index (χ3n) is 4.50. The average Bonchev–Trinajstić information content (AvgIpc) is 2.36. The van der Waals surface area contributed by atoms with Crippen LogP contribution in [0.2, 0.25) is 0 Å². The number of para-hydroxylation sites is 1. The standard InChI is InChI=1S/C15H22O/c1-13(2,3)15(6)14(4,5)11-9-7-8-10-12(11)16-15/h7-10H,1-6H3. The largest absolute Gasteiger partial charge is 0.486 e. The van der Waals surface area contributed by atoms with Gasteiger partial charge in [-0.05, 0) is 13.0 Å². The molecule has 1 heterocycles. The molecule has 0 saturated carbocycles. The number of benzene rings is 1. The van der Waals surface area contributed by atoms with Crippen molar-refractivity contribution in [3.05, 3.63) is 29.8 Å².